The quantitative estimate of drug-likeness (QED) is 0.858. The summed E-state index contributed by atoms with van der Waals surface area (Å²) in [7, 11) is -3.31. The zero-order valence-corrected chi connectivity index (χ0v) is 14.1. The van der Waals surface area contributed by atoms with Crippen LogP contribution in [-0.2, 0) is 14.6 Å². The maximum atomic E-state index is 12.6. The Morgan fingerprint density at radius 1 is 1.30 bits per heavy atom. The molecule has 1 spiro atoms. The molecule has 0 atom stereocenters. The fourth-order valence-corrected chi connectivity index (χ4v) is 3.85. The van der Waals surface area contributed by atoms with Gasteiger partial charge in [-0.3, -0.25) is 4.79 Å². The van der Waals surface area contributed by atoms with Crippen molar-refractivity contribution in [3.8, 4) is 0 Å². The van der Waals surface area contributed by atoms with Gasteiger partial charge in [0.2, 0.25) is 0 Å². The zero-order chi connectivity index (χ0) is 16.5. The number of morpholine rings is 1. The van der Waals surface area contributed by atoms with Crippen LogP contribution in [0.2, 0.25) is 0 Å². The van der Waals surface area contributed by atoms with Crippen LogP contribution in [0.25, 0.3) is 0 Å². The van der Waals surface area contributed by atoms with E-state index in [9.17, 15) is 13.2 Å². The highest BCUT2D eigenvalue weighted by molar-refractivity contribution is 7.90. The Bertz CT molecular complexity index is 686. The maximum absolute atomic E-state index is 12.6. The lowest BCUT2D eigenvalue weighted by molar-refractivity contribution is -0.0954. The Balaban J connectivity index is 1.70. The SMILES string of the molecule is CS(=O)(=O)c1cccc(C(=O)N2CCC3(CC2)CNCCO3)c1. The number of carbonyl (C=O) groups is 1. The van der Waals surface area contributed by atoms with E-state index in [1.807, 2.05) is 0 Å². The molecule has 0 aromatic heterocycles. The van der Waals surface area contributed by atoms with Crippen molar-refractivity contribution in [2.75, 3.05) is 39.0 Å². The fraction of sp³-hybridized carbons (Fsp3) is 0.562. The highest BCUT2D eigenvalue weighted by Crippen LogP contribution is 2.28. The van der Waals surface area contributed by atoms with Crippen LogP contribution < -0.4 is 5.32 Å². The van der Waals surface area contributed by atoms with Gasteiger partial charge in [-0.05, 0) is 31.0 Å². The first-order valence-corrected chi connectivity index (χ1v) is 9.73. The molecule has 2 saturated heterocycles. The molecule has 1 aromatic carbocycles. The molecule has 1 N–H and O–H groups in total. The van der Waals surface area contributed by atoms with Gasteiger partial charge in [-0.2, -0.15) is 0 Å². The number of nitrogens with zero attached hydrogens (tertiary/aromatic N) is 1. The van der Waals surface area contributed by atoms with Crippen molar-refractivity contribution >= 4 is 15.7 Å². The molecular weight excluding hydrogens is 316 g/mol. The van der Waals surface area contributed by atoms with Crippen LogP contribution in [0.4, 0.5) is 0 Å². The molecule has 1 amide bonds. The molecule has 7 heteroatoms. The van der Waals surface area contributed by atoms with Crippen molar-refractivity contribution in [2.24, 2.45) is 0 Å². The Morgan fingerprint density at radius 2 is 2.04 bits per heavy atom. The first-order valence-electron chi connectivity index (χ1n) is 7.84. The van der Waals surface area contributed by atoms with Crippen molar-refractivity contribution in [3.63, 3.8) is 0 Å². The molecule has 3 rings (SSSR count). The highest BCUT2D eigenvalue weighted by atomic mass is 32.2. The van der Waals surface area contributed by atoms with Crippen LogP contribution in [0.3, 0.4) is 0 Å². The van der Waals surface area contributed by atoms with E-state index >= 15 is 0 Å². The summed E-state index contributed by atoms with van der Waals surface area (Å²) in [4.78, 5) is 14.6. The van der Waals surface area contributed by atoms with Gasteiger partial charge in [0.25, 0.3) is 5.91 Å². The Hall–Kier alpha value is -1.44. The van der Waals surface area contributed by atoms with Crippen LogP contribution in [0.15, 0.2) is 29.2 Å². The zero-order valence-electron chi connectivity index (χ0n) is 13.2. The predicted molar refractivity (Wildman–Crippen MR) is 86.2 cm³/mol. The number of sulfone groups is 1. The van der Waals surface area contributed by atoms with E-state index in [0.29, 0.717) is 25.3 Å². The van der Waals surface area contributed by atoms with Crippen molar-refractivity contribution in [3.05, 3.63) is 29.8 Å². The van der Waals surface area contributed by atoms with Crippen LogP contribution in [0.5, 0.6) is 0 Å². The van der Waals surface area contributed by atoms with Gasteiger partial charge in [0, 0.05) is 38.0 Å². The first kappa shape index (κ1) is 16.4. The lowest BCUT2D eigenvalue weighted by atomic mass is 9.89. The Kier molecular flexibility index (Phi) is 4.44. The number of likely N-dealkylation sites (tertiary alicyclic amines) is 1. The number of hydrogen-bond acceptors (Lipinski definition) is 5. The minimum Gasteiger partial charge on any atom is -0.372 e. The molecule has 1 aromatic rings. The fourth-order valence-electron chi connectivity index (χ4n) is 3.19. The van der Waals surface area contributed by atoms with Crippen LogP contribution >= 0.6 is 0 Å². The van der Waals surface area contributed by atoms with Crippen molar-refractivity contribution < 1.29 is 17.9 Å². The second-order valence-corrected chi connectivity index (χ2v) is 8.32. The van der Waals surface area contributed by atoms with E-state index in [0.717, 1.165) is 32.2 Å². The van der Waals surface area contributed by atoms with Gasteiger partial charge >= 0.3 is 0 Å². The average Bonchev–Trinajstić information content (AvgIpc) is 2.55. The number of piperidine rings is 1. The first-order chi connectivity index (χ1) is 10.9. The van der Waals surface area contributed by atoms with Gasteiger partial charge in [0.15, 0.2) is 9.84 Å². The number of amides is 1. The van der Waals surface area contributed by atoms with E-state index < -0.39 is 9.84 Å². The monoisotopic (exact) mass is 338 g/mol. The summed E-state index contributed by atoms with van der Waals surface area (Å²) in [6, 6.07) is 6.25. The Morgan fingerprint density at radius 3 is 2.65 bits per heavy atom. The van der Waals surface area contributed by atoms with Gasteiger partial charge < -0.3 is 15.0 Å². The van der Waals surface area contributed by atoms with Crippen molar-refractivity contribution in [1.82, 2.24) is 10.2 Å². The Labute approximate surface area is 136 Å². The third kappa shape index (κ3) is 3.57. The molecule has 2 heterocycles. The molecule has 6 nitrogen and oxygen atoms in total. The number of nitrogens with one attached hydrogen (secondary N) is 1. The molecule has 0 unspecified atom stereocenters. The molecule has 23 heavy (non-hydrogen) atoms. The molecule has 126 valence electrons. The minimum atomic E-state index is -3.31. The number of carbonyl (C=O) groups excluding carboxylic acids is 1. The van der Waals surface area contributed by atoms with Crippen molar-refractivity contribution in [1.29, 1.82) is 0 Å². The van der Waals surface area contributed by atoms with E-state index in [4.69, 9.17) is 4.74 Å². The van der Waals surface area contributed by atoms with E-state index in [1.54, 1.807) is 17.0 Å². The third-order valence-corrected chi connectivity index (χ3v) is 5.72. The second kappa shape index (κ2) is 6.22. The van der Waals surface area contributed by atoms with Gasteiger partial charge in [0.1, 0.15) is 0 Å². The minimum absolute atomic E-state index is 0.117. The van der Waals surface area contributed by atoms with E-state index in [-0.39, 0.29) is 16.4 Å². The summed E-state index contributed by atoms with van der Waals surface area (Å²) in [6.07, 6.45) is 2.75. The van der Waals surface area contributed by atoms with Crippen LogP contribution in [0, 0.1) is 0 Å². The molecule has 2 fully saturated rings. The second-order valence-electron chi connectivity index (χ2n) is 6.30. The van der Waals surface area contributed by atoms with Gasteiger partial charge in [-0.25, -0.2) is 8.42 Å². The maximum Gasteiger partial charge on any atom is 0.253 e. The lowest BCUT2D eigenvalue weighted by Crippen LogP contribution is -2.56. The molecule has 0 bridgehead atoms. The summed E-state index contributed by atoms with van der Waals surface area (Å²) >= 11 is 0. The van der Waals surface area contributed by atoms with Crippen molar-refractivity contribution in [2.45, 2.75) is 23.3 Å². The number of rotatable bonds is 2. The summed E-state index contributed by atoms with van der Waals surface area (Å²) in [5.74, 6) is -0.117. The molecule has 0 aliphatic carbocycles. The van der Waals surface area contributed by atoms with Crippen LogP contribution in [0.1, 0.15) is 23.2 Å². The standard InChI is InChI=1S/C16H22N2O4S/c1-23(20,21)14-4-2-3-13(11-14)15(19)18-8-5-16(6-9-18)12-17-7-10-22-16/h2-4,11,17H,5-10,12H2,1H3. The summed E-state index contributed by atoms with van der Waals surface area (Å²) in [5.41, 5.74) is 0.274. The van der Waals surface area contributed by atoms with E-state index in [2.05, 4.69) is 5.32 Å². The highest BCUT2D eigenvalue weighted by Gasteiger charge is 2.38. The lowest BCUT2D eigenvalue weighted by Gasteiger charge is -2.44. The topological polar surface area (TPSA) is 75.7 Å². The average molecular weight is 338 g/mol. The number of ether oxygens (including phenoxy) is 1. The third-order valence-electron chi connectivity index (χ3n) is 4.61. The molecule has 0 saturated carbocycles. The van der Waals surface area contributed by atoms with Gasteiger partial charge in [-0.15, -0.1) is 0 Å². The molecule has 2 aliphatic heterocycles. The summed E-state index contributed by atoms with van der Waals surface area (Å²) in [5, 5.41) is 3.35. The summed E-state index contributed by atoms with van der Waals surface area (Å²) in [6.45, 7) is 3.68. The molecule has 0 radical (unpaired) electrons. The van der Waals surface area contributed by atoms with Gasteiger partial charge in [-0.1, -0.05) is 6.07 Å². The van der Waals surface area contributed by atoms with Crippen LogP contribution in [-0.4, -0.2) is 63.9 Å². The summed E-state index contributed by atoms with van der Waals surface area (Å²) < 4.78 is 29.2. The smallest absolute Gasteiger partial charge is 0.253 e. The number of hydrogen-bond donors (Lipinski definition) is 1. The van der Waals surface area contributed by atoms with E-state index in [1.165, 1.54) is 12.1 Å². The predicted octanol–water partition coefficient (Wildman–Crippen LogP) is 0.685. The number of benzene rings is 1. The largest absolute Gasteiger partial charge is 0.372 e. The van der Waals surface area contributed by atoms with Gasteiger partial charge in [0.05, 0.1) is 17.1 Å². The normalized spacial score (nSPS) is 21.3. The molecule has 2 aliphatic rings. The molecular formula is C16H22N2O4S.